The largest absolute Gasteiger partial charge is 0.389 e. The zero-order chi connectivity index (χ0) is 8.55. The molecule has 0 aromatic heterocycles. The molecule has 3 nitrogen and oxygen atoms in total. The molecule has 0 atom stereocenters. The molecule has 1 saturated heterocycles. The molecule has 12 heavy (non-hydrogen) atoms. The summed E-state index contributed by atoms with van der Waals surface area (Å²) in [5, 5.41) is 0. The standard InChI is InChI=1S/C9H8O3/c10-8-5-6-3-1-2-4-7(6)9(11)12-8/h3-4H,1-2,5H2. The van der Waals surface area contributed by atoms with Crippen LogP contribution in [0.2, 0.25) is 0 Å². The molecule has 0 amide bonds. The third-order valence-electron chi connectivity index (χ3n) is 2.01. The summed E-state index contributed by atoms with van der Waals surface area (Å²) in [6, 6.07) is 0. The van der Waals surface area contributed by atoms with Crippen molar-refractivity contribution < 1.29 is 14.3 Å². The van der Waals surface area contributed by atoms with Gasteiger partial charge in [-0.1, -0.05) is 12.2 Å². The lowest BCUT2D eigenvalue weighted by Crippen LogP contribution is -2.23. The second kappa shape index (κ2) is 2.59. The van der Waals surface area contributed by atoms with Gasteiger partial charge in [0.15, 0.2) is 0 Å². The van der Waals surface area contributed by atoms with Crippen LogP contribution in [0.15, 0.2) is 23.3 Å². The van der Waals surface area contributed by atoms with E-state index in [0.717, 1.165) is 18.4 Å². The Morgan fingerprint density at radius 3 is 2.75 bits per heavy atom. The maximum absolute atomic E-state index is 11.1. The fourth-order valence-electron chi connectivity index (χ4n) is 1.46. The van der Waals surface area contributed by atoms with Gasteiger partial charge >= 0.3 is 11.9 Å². The fourth-order valence-corrected chi connectivity index (χ4v) is 1.46. The Labute approximate surface area is 69.7 Å². The van der Waals surface area contributed by atoms with Crippen LogP contribution in [-0.4, -0.2) is 11.9 Å². The molecule has 1 heterocycles. The van der Waals surface area contributed by atoms with Crippen molar-refractivity contribution >= 4 is 11.9 Å². The molecule has 1 fully saturated rings. The molecule has 3 heteroatoms. The summed E-state index contributed by atoms with van der Waals surface area (Å²) in [6.45, 7) is 0. The lowest BCUT2D eigenvalue weighted by molar-refractivity contribution is -0.157. The van der Waals surface area contributed by atoms with E-state index in [1.54, 1.807) is 0 Å². The predicted octanol–water partition coefficient (Wildman–Crippen LogP) is 1.11. The van der Waals surface area contributed by atoms with E-state index in [9.17, 15) is 9.59 Å². The maximum Gasteiger partial charge on any atom is 0.345 e. The zero-order valence-electron chi connectivity index (χ0n) is 6.50. The first kappa shape index (κ1) is 7.28. The van der Waals surface area contributed by atoms with Crippen molar-refractivity contribution in [2.45, 2.75) is 19.3 Å². The van der Waals surface area contributed by atoms with Gasteiger partial charge in [0.25, 0.3) is 0 Å². The van der Waals surface area contributed by atoms with Crippen molar-refractivity contribution in [3.8, 4) is 0 Å². The van der Waals surface area contributed by atoms with Crippen molar-refractivity contribution in [1.82, 2.24) is 0 Å². The summed E-state index contributed by atoms with van der Waals surface area (Å²) in [5.41, 5.74) is 1.42. The number of fused-ring (bicyclic) bond motifs is 1. The van der Waals surface area contributed by atoms with Gasteiger partial charge in [-0.25, -0.2) is 4.79 Å². The minimum Gasteiger partial charge on any atom is -0.389 e. The Morgan fingerprint density at radius 2 is 1.92 bits per heavy atom. The van der Waals surface area contributed by atoms with Gasteiger partial charge in [-0.05, 0) is 18.4 Å². The van der Waals surface area contributed by atoms with Crippen LogP contribution in [-0.2, 0) is 14.3 Å². The number of carbonyl (C=O) groups excluding carboxylic acids is 2. The van der Waals surface area contributed by atoms with Gasteiger partial charge < -0.3 is 4.74 Å². The van der Waals surface area contributed by atoms with Gasteiger partial charge in [0.2, 0.25) is 0 Å². The molecule has 0 saturated carbocycles. The highest BCUT2D eigenvalue weighted by Gasteiger charge is 2.27. The number of esters is 2. The number of hydrogen-bond acceptors (Lipinski definition) is 3. The summed E-state index contributed by atoms with van der Waals surface area (Å²) in [7, 11) is 0. The van der Waals surface area contributed by atoms with Crippen molar-refractivity contribution in [3.63, 3.8) is 0 Å². The molecule has 0 bridgehead atoms. The number of ether oxygens (including phenoxy) is 1. The number of rotatable bonds is 0. The van der Waals surface area contributed by atoms with Gasteiger partial charge in [0, 0.05) is 0 Å². The van der Waals surface area contributed by atoms with Crippen LogP contribution in [0.3, 0.4) is 0 Å². The predicted molar refractivity (Wildman–Crippen MR) is 41.1 cm³/mol. The lowest BCUT2D eigenvalue weighted by atomic mass is 9.94. The summed E-state index contributed by atoms with van der Waals surface area (Å²) >= 11 is 0. The smallest absolute Gasteiger partial charge is 0.345 e. The summed E-state index contributed by atoms with van der Waals surface area (Å²) in [6.07, 6.45) is 5.80. The van der Waals surface area contributed by atoms with Crippen LogP contribution >= 0.6 is 0 Å². The molecule has 1 aliphatic heterocycles. The third-order valence-corrected chi connectivity index (χ3v) is 2.01. The van der Waals surface area contributed by atoms with Crippen molar-refractivity contribution in [2.75, 3.05) is 0 Å². The minimum atomic E-state index is -0.489. The van der Waals surface area contributed by atoms with Crippen LogP contribution in [0.1, 0.15) is 19.3 Å². The average molecular weight is 164 g/mol. The molecule has 0 aromatic rings. The molecule has 0 unspecified atom stereocenters. The zero-order valence-corrected chi connectivity index (χ0v) is 6.50. The highest BCUT2D eigenvalue weighted by molar-refractivity contribution is 6.04. The molecule has 1 aliphatic carbocycles. The first-order chi connectivity index (χ1) is 5.77. The number of cyclic esters (lactones) is 2. The second-order valence-corrected chi connectivity index (χ2v) is 2.86. The molecule has 2 rings (SSSR count). The van der Waals surface area contributed by atoms with E-state index in [1.807, 2.05) is 12.2 Å². The SMILES string of the molecule is O=C1CC2=CCCC=C2C(=O)O1. The van der Waals surface area contributed by atoms with Crippen LogP contribution in [0, 0.1) is 0 Å². The topological polar surface area (TPSA) is 43.4 Å². The monoisotopic (exact) mass is 164 g/mol. The van der Waals surface area contributed by atoms with Gasteiger partial charge in [-0.15, -0.1) is 0 Å². The van der Waals surface area contributed by atoms with Crippen molar-refractivity contribution in [3.05, 3.63) is 23.3 Å². The maximum atomic E-state index is 11.1. The van der Waals surface area contributed by atoms with E-state index >= 15 is 0 Å². The highest BCUT2D eigenvalue weighted by atomic mass is 16.6. The third kappa shape index (κ3) is 1.07. The molecular formula is C9H8O3. The number of carbonyl (C=O) groups is 2. The summed E-state index contributed by atoms with van der Waals surface area (Å²) in [4.78, 5) is 21.9. The first-order valence-electron chi connectivity index (χ1n) is 3.92. The Morgan fingerprint density at radius 1 is 1.17 bits per heavy atom. The molecule has 0 spiro atoms. The second-order valence-electron chi connectivity index (χ2n) is 2.86. The normalized spacial score (nSPS) is 22.3. The quantitative estimate of drug-likeness (QED) is 0.398. The first-order valence-corrected chi connectivity index (χ1v) is 3.92. The van der Waals surface area contributed by atoms with Crippen LogP contribution in [0.5, 0.6) is 0 Å². The Bertz CT molecular complexity index is 310. The molecule has 0 radical (unpaired) electrons. The van der Waals surface area contributed by atoms with E-state index in [1.165, 1.54) is 0 Å². The van der Waals surface area contributed by atoms with Gasteiger partial charge in [0.1, 0.15) is 0 Å². The number of hydrogen-bond donors (Lipinski definition) is 0. The molecular weight excluding hydrogens is 156 g/mol. The molecule has 62 valence electrons. The Kier molecular flexibility index (Phi) is 1.57. The van der Waals surface area contributed by atoms with Gasteiger partial charge in [0.05, 0.1) is 12.0 Å². The van der Waals surface area contributed by atoms with Gasteiger partial charge in [-0.3, -0.25) is 4.79 Å². The van der Waals surface area contributed by atoms with E-state index in [4.69, 9.17) is 0 Å². The molecule has 0 aromatic carbocycles. The van der Waals surface area contributed by atoms with Crippen LogP contribution < -0.4 is 0 Å². The highest BCUT2D eigenvalue weighted by Crippen LogP contribution is 2.26. The van der Waals surface area contributed by atoms with E-state index < -0.39 is 11.9 Å². The average Bonchev–Trinajstić information content (AvgIpc) is 2.04. The van der Waals surface area contributed by atoms with E-state index in [-0.39, 0.29) is 6.42 Å². The van der Waals surface area contributed by atoms with Crippen LogP contribution in [0.25, 0.3) is 0 Å². The molecule has 2 aliphatic rings. The van der Waals surface area contributed by atoms with Crippen LogP contribution in [0.4, 0.5) is 0 Å². The molecule has 0 N–H and O–H groups in total. The Balaban J connectivity index is 2.35. The minimum absolute atomic E-state index is 0.248. The van der Waals surface area contributed by atoms with Gasteiger partial charge in [-0.2, -0.15) is 0 Å². The van der Waals surface area contributed by atoms with Crippen molar-refractivity contribution in [2.24, 2.45) is 0 Å². The van der Waals surface area contributed by atoms with Crippen molar-refractivity contribution in [1.29, 1.82) is 0 Å². The lowest BCUT2D eigenvalue weighted by Gasteiger charge is -2.18. The van der Waals surface area contributed by atoms with E-state index in [2.05, 4.69) is 4.74 Å². The fraction of sp³-hybridized carbons (Fsp3) is 0.333. The Hall–Kier alpha value is -1.38. The summed E-state index contributed by atoms with van der Waals surface area (Å²) in [5.74, 6) is -0.928. The van der Waals surface area contributed by atoms with E-state index in [0.29, 0.717) is 5.57 Å². The number of allylic oxidation sites excluding steroid dienone is 2. The summed E-state index contributed by atoms with van der Waals surface area (Å²) < 4.78 is 4.47.